The molecular formula is C25H31N3O4. The molecule has 1 N–H and O–H groups in total. The Morgan fingerprint density at radius 1 is 1.00 bits per heavy atom. The van der Waals surface area contributed by atoms with E-state index < -0.39 is 6.09 Å². The molecule has 7 heteroatoms. The molecule has 0 radical (unpaired) electrons. The minimum absolute atomic E-state index is 0.152. The van der Waals surface area contributed by atoms with Crippen LogP contribution in [0, 0.1) is 0 Å². The quantitative estimate of drug-likeness (QED) is 0.643. The number of nitrogens with zero attached hydrogens (tertiary/aromatic N) is 2. The summed E-state index contributed by atoms with van der Waals surface area (Å²) in [4.78, 5) is 28.6. The number of rotatable bonds is 8. The molecule has 0 saturated carbocycles. The van der Waals surface area contributed by atoms with Gasteiger partial charge in [-0.15, -0.1) is 0 Å². The van der Waals surface area contributed by atoms with Crippen LogP contribution in [-0.2, 0) is 29.1 Å². The molecule has 0 atom stereocenters. The summed E-state index contributed by atoms with van der Waals surface area (Å²) in [5.74, 6) is 1.17. The molecule has 0 spiro atoms. The Bertz CT molecular complexity index is 911. The second-order valence-electron chi connectivity index (χ2n) is 8.29. The van der Waals surface area contributed by atoms with Crippen molar-refractivity contribution >= 4 is 12.0 Å². The summed E-state index contributed by atoms with van der Waals surface area (Å²) in [7, 11) is 0. The number of benzene rings is 2. The van der Waals surface area contributed by atoms with Crippen molar-refractivity contribution in [3.05, 3.63) is 65.2 Å². The zero-order valence-electron chi connectivity index (χ0n) is 18.4. The van der Waals surface area contributed by atoms with Crippen LogP contribution in [0.15, 0.2) is 48.5 Å². The average molecular weight is 438 g/mol. The van der Waals surface area contributed by atoms with E-state index >= 15 is 0 Å². The van der Waals surface area contributed by atoms with Crippen LogP contribution in [0.2, 0.25) is 0 Å². The minimum Gasteiger partial charge on any atom is -0.493 e. The van der Waals surface area contributed by atoms with E-state index in [0.29, 0.717) is 19.4 Å². The number of fused-ring (bicyclic) bond motifs is 1. The Labute approximate surface area is 189 Å². The third-order valence-corrected chi connectivity index (χ3v) is 5.93. The number of amides is 2. The number of nitrogens with one attached hydrogen (secondary N) is 1. The third kappa shape index (κ3) is 6.23. The van der Waals surface area contributed by atoms with Crippen LogP contribution in [0.3, 0.4) is 0 Å². The van der Waals surface area contributed by atoms with Gasteiger partial charge >= 0.3 is 6.09 Å². The maximum atomic E-state index is 12.5. The maximum absolute atomic E-state index is 12.5. The Morgan fingerprint density at radius 3 is 2.62 bits per heavy atom. The van der Waals surface area contributed by atoms with Gasteiger partial charge in [0.25, 0.3) is 0 Å². The Balaban J connectivity index is 1.09. The summed E-state index contributed by atoms with van der Waals surface area (Å²) >= 11 is 0. The number of carbonyl (C=O) groups excluding carboxylic acids is 2. The lowest BCUT2D eigenvalue weighted by Gasteiger charge is -2.35. The first kappa shape index (κ1) is 22.1. The molecule has 170 valence electrons. The molecule has 1 fully saturated rings. The molecule has 32 heavy (non-hydrogen) atoms. The van der Waals surface area contributed by atoms with E-state index in [1.807, 2.05) is 35.2 Å². The summed E-state index contributed by atoms with van der Waals surface area (Å²) in [5.41, 5.74) is 3.55. The van der Waals surface area contributed by atoms with Crippen LogP contribution in [0.4, 0.5) is 4.79 Å². The lowest BCUT2D eigenvalue weighted by molar-refractivity contribution is -0.133. The van der Waals surface area contributed by atoms with Gasteiger partial charge in [0.05, 0.1) is 6.61 Å². The third-order valence-electron chi connectivity index (χ3n) is 5.93. The molecular weight excluding hydrogens is 406 g/mol. The van der Waals surface area contributed by atoms with Crippen LogP contribution in [0.25, 0.3) is 0 Å². The van der Waals surface area contributed by atoms with Crippen molar-refractivity contribution in [1.29, 1.82) is 0 Å². The largest absolute Gasteiger partial charge is 0.493 e. The van der Waals surface area contributed by atoms with Crippen molar-refractivity contribution in [3.63, 3.8) is 0 Å². The van der Waals surface area contributed by atoms with Crippen LogP contribution >= 0.6 is 0 Å². The molecule has 2 aromatic rings. The molecule has 2 heterocycles. The highest BCUT2D eigenvalue weighted by atomic mass is 16.5. The zero-order chi connectivity index (χ0) is 22.2. The van der Waals surface area contributed by atoms with Gasteiger partial charge in [-0.2, -0.15) is 0 Å². The summed E-state index contributed by atoms with van der Waals surface area (Å²) in [6.45, 7) is 5.62. The van der Waals surface area contributed by atoms with E-state index in [4.69, 9.17) is 9.47 Å². The molecule has 4 rings (SSSR count). The number of carbonyl (C=O) groups is 2. The van der Waals surface area contributed by atoms with Gasteiger partial charge in [-0.1, -0.05) is 42.5 Å². The first-order chi connectivity index (χ1) is 15.7. The molecule has 2 amide bonds. The number of piperazine rings is 1. The topological polar surface area (TPSA) is 71.1 Å². The van der Waals surface area contributed by atoms with Gasteiger partial charge < -0.3 is 19.7 Å². The standard InChI is InChI=1S/C25H31N3O4/c29-24(7-4-11-26-25(30)32-19-20-5-2-1-3-6-20)28-14-12-27(13-15-28)18-21-8-9-23-22(17-21)10-16-31-23/h1-3,5-6,8-9,17H,4,7,10-16,18-19H2,(H,26,30). The smallest absolute Gasteiger partial charge is 0.407 e. The van der Waals surface area contributed by atoms with E-state index in [1.54, 1.807) is 0 Å². The lowest BCUT2D eigenvalue weighted by atomic mass is 10.1. The maximum Gasteiger partial charge on any atom is 0.407 e. The van der Waals surface area contributed by atoms with Crippen LogP contribution in [0.5, 0.6) is 5.75 Å². The molecule has 0 unspecified atom stereocenters. The second-order valence-corrected chi connectivity index (χ2v) is 8.29. The summed E-state index contributed by atoms with van der Waals surface area (Å²) in [5, 5.41) is 2.71. The van der Waals surface area contributed by atoms with Crippen LogP contribution in [0.1, 0.15) is 29.5 Å². The SMILES string of the molecule is O=C(NCCCC(=O)N1CCN(Cc2ccc3c(c2)CCO3)CC1)OCc1ccccc1. The van der Waals surface area contributed by atoms with Gasteiger partial charge in [-0.3, -0.25) is 9.69 Å². The number of hydrogen-bond donors (Lipinski definition) is 1. The van der Waals surface area contributed by atoms with Crippen molar-refractivity contribution in [2.24, 2.45) is 0 Å². The zero-order valence-corrected chi connectivity index (χ0v) is 18.4. The van der Waals surface area contributed by atoms with Gasteiger partial charge in [0.1, 0.15) is 12.4 Å². The van der Waals surface area contributed by atoms with Gasteiger partial charge in [-0.05, 0) is 29.2 Å². The fourth-order valence-corrected chi connectivity index (χ4v) is 4.11. The molecule has 2 aliphatic heterocycles. The minimum atomic E-state index is -0.451. The molecule has 1 saturated heterocycles. The molecule has 2 aromatic carbocycles. The fourth-order valence-electron chi connectivity index (χ4n) is 4.11. The van der Waals surface area contributed by atoms with Gasteiger partial charge in [0.2, 0.25) is 5.91 Å². The van der Waals surface area contributed by atoms with Gasteiger partial charge in [-0.25, -0.2) is 4.79 Å². The van der Waals surface area contributed by atoms with E-state index in [1.165, 1.54) is 11.1 Å². The van der Waals surface area contributed by atoms with E-state index in [0.717, 1.165) is 57.1 Å². The highest BCUT2D eigenvalue weighted by Gasteiger charge is 2.21. The summed E-state index contributed by atoms with van der Waals surface area (Å²) < 4.78 is 10.8. The Kier molecular flexibility index (Phi) is 7.61. The van der Waals surface area contributed by atoms with Crippen LogP contribution in [-0.4, -0.2) is 61.1 Å². The summed E-state index contributed by atoms with van der Waals surface area (Å²) in [6.07, 6.45) is 1.58. The predicted octanol–water partition coefficient (Wildman–Crippen LogP) is 2.97. The molecule has 2 aliphatic rings. The number of ether oxygens (including phenoxy) is 2. The monoisotopic (exact) mass is 437 g/mol. The van der Waals surface area contributed by atoms with Crippen molar-refractivity contribution in [1.82, 2.24) is 15.1 Å². The highest BCUT2D eigenvalue weighted by molar-refractivity contribution is 5.76. The fraction of sp³-hybridized carbons (Fsp3) is 0.440. The first-order valence-corrected chi connectivity index (χ1v) is 11.4. The summed E-state index contributed by atoms with van der Waals surface area (Å²) in [6, 6.07) is 16.0. The molecule has 0 aliphatic carbocycles. The Morgan fingerprint density at radius 2 is 1.81 bits per heavy atom. The van der Waals surface area contributed by atoms with Crippen molar-refractivity contribution < 1.29 is 19.1 Å². The number of hydrogen-bond acceptors (Lipinski definition) is 5. The van der Waals surface area contributed by atoms with E-state index in [-0.39, 0.29) is 12.5 Å². The highest BCUT2D eigenvalue weighted by Crippen LogP contribution is 2.26. The van der Waals surface area contributed by atoms with E-state index in [9.17, 15) is 9.59 Å². The predicted molar refractivity (Wildman–Crippen MR) is 121 cm³/mol. The first-order valence-electron chi connectivity index (χ1n) is 11.4. The second kappa shape index (κ2) is 11.0. The average Bonchev–Trinajstić information content (AvgIpc) is 3.29. The normalized spacial score (nSPS) is 15.7. The number of alkyl carbamates (subject to hydrolysis) is 1. The molecule has 7 nitrogen and oxygen atoms in total. The van der Waals surface area contributed by atoms with Gasteiger partial charge in [0, 0.05) is 52.1 Å². The van der Waals surface area contributed by atoms with Crippen molar-refractivity contribution in [3.8, 4) is 5.75 Å². The van der Waals surface area contributed by atoms with E-state index in [2.05, 4.69) is 28.4 Å². The lowest BCUT2D eigenvalue weighted by Crippen LogP contribution is -2.48. The molecule has 0 bridgehead atoms. The van der Waals surface area contributed by atoms with Crippen LogP contribution < -0.4 is 10.1 Å². The van der Waals surface area contributed by atoms with Crippen molar-refractivity contribution in [2.45, 2.75) is 32.4 Å². The molecule has 0 aromatic heterocycles. The van der Waals surface area contributed by atoms with Gasteiger partial charge in [0.15, 0.2) is 0 Å². The Hall–Kier alpha value is -3.06. The van der Waals surface area contributed by atoms with Crippen molar-refractivity contribution in [2.75, 3.05) is 39.3 Å².